The first kappa shape index (κ1) is 23.0. The number of carbonyl (C=O) groups is 1. The zero-order chi connectivity index (χ0) is 23.0. The summed E-state index contributed by atoms with van der Waals surface area (Å²) in [6.45, 7) is 8.24. The van der Waals surface area contributed by atoms with E-state index in [1.807, 2.05) is 32.9 Å². The van der Waals surface area contributed by atoms with E-state index in [2.05, 4.69) is 12.2 Å². The number of anilines is 1. The standard InChI is InChI=1S/C24H30N4O2S2/c1-5-16(4)28-23(30)19(32-24(28)31)12-18-21(25-17-9-6-14(2)7-10-17)26-20-11-8-15(3)13-27(20)22(18)29/h8,11-14,16-17,25H,5-7,9-10H2,1-4H3. The lowest BCUT2D eigenvalue weighted by Gasteiger charge is -2.27. The highest BCUT2D eigenvalue weighted by molar-refractivity contribution is 8.26. The Hall–Kier alpha value is -2.19. The highest BCUT2D eigenvalue weighted by Gasteiger charge is 2.35. The molecule has 1 saturated heterocycles. The minimum atomic E-state index is -0.181. The van der Waals surface area contributed by atoms with Gasteiger partial charge in [-0.1, -0.05) is 43.9 Å². The van der Waals surface area contributed by atoms with Gasteiger partial charge in [-0.15, -0.1) is 0 Å². The first-order valence-corrected chi connectivity index (χ1v) is 12.6. The van der Waals surface area contributed by atoms with Crippen LogP contribution in [-0.2, 0) is 4.79 Å². The van der Waals surface area contributed by atoms with Crippen LogP contribution in [0.4, 0.5) is 5.82 Å². The Morgan fingerprint density at radius 3 is 2.69 bits per heavy atom. The highest BCUT2D eigenvalue weighted by atomic mass is 32.2. The van der Waals surface area contributed by atoms with Gasteiger partial charge >= 0.3 is 0 Å². The third kappa shape index (κ3) is 4.48. The second kappa shape index (κ2) is 9.35. The summed E-state index contributed by atoms with van der Waals surface area (Å²) in [6, 6.07) is 4.10. The number of nitrogens with one attached hydrogen (secondary N) is 1. The van der Waals surface area contributed by atoms with E-state index in [4.69, 9.17) is 17.2 Å². The first-order valence-electron chi connectivity index (χ1n) is 11.3. The zero-order valence-electron chi connectivity index (χ0n) is 19.1. The lowest BCUT2D eigenvalue weighted by Crippen LogP contribution is -2.36. The number of rotatable bonds is 5. The Bertz CT molecular complexity index is 1150. The molecule has 1 atom stereocenters. The summed E-state index contributed by atoms with van der Waals surface area (Å²) < 4.78 is 2.10. The van der Waals surface area contributed by atoms with Crippen LogP contribution >= 0.6 is 24.0 Å². The van der Waals surface area contributed by atoms with Crippen molar-refractivity contribution in [3.8, 4) is 0 Å². The van der Waals surface area contributed by atoms with E-state index in [-0.39, 0.29) is 23.6 Å². The van der Waals surface area contributed by atoms with Crippen LogP contribution in [0.3, 0.4) is 0 Å². The Morgan fingerprint density at radius 2 is 2.00 bits per heavy atom. The summed E-state index contributed by atoms with van der Waals surface area (Å²) in [5.74, 6) is 1.14. The number of aryl methyl sites for hydroxylation is 1. The lowest BCUT2D eigenvalue weighted by molar-refractivity contribution is -0.123. The molecule has 2 aliphatic rings. The zero-order valence-corrected chi connectivity index (χ0v) is 20.7. The monoisotopic (exact) mass is 470 g/mol. The second-order valence-corrected chi connectivity index (χ2v) is 10.7. The molecule has 1 unspecified atom stereocenters. The van der Waals surface area contributed by atoms with Gasteiger partial charge < -0.3 is 5.32 Å². The predicted octanol–water partition coefficient (Wildman–Crippen LogP) is 4.99. The van der Waals surface area contributed by atoms with Crippen molar-refractivity contribution in [2.75, 3.05) is 5.32 Å². The summed E-state index contributed by atoms with van der Waals surface area (Å²) >= 11 is 6.73. The van der Waals surface area contributed by atoms with E-state index < -0.39 is 0 Å². The van der Waals surface area contributed by atoms with Crippen molar-refractivity contribution in [3.63, 3.8) is 0 Å². The van der Waals surface area contributed by atoms with Gasteiger partial charge in [0.2, 0.25) is 0 Å². The second-order valence-electron chi connectivity index (χ2n) is 9.02. The molecule has 8 heteroatoms. The average Bonchev–Trinajstić information content (AvgIpc) is 3.05. The number of hydrogen-bond donors (Lipinski definition) is 1. The number of fused-ring (bicyclic) bond motifs is 1. The number of carbonyl (C=O) groups excluding carboxylic acids is 1. The van der Waals surface area contributed by atoms with Crippen molar-refractivity contribution >= 4 is 51.7 Å². The molecule has 2 aromatic heterocycles. The molecule has 1 aliphatic heterocycles. The normalized spacial score (nSPS) is 23.9. The van der Waals surface area contributed by atoms with Crippen LogP contribution in [0, 0.1) is 12.8 Å². The van der Waals surface area contributed by atoms with Crippen molar-refractivity contribution < 1.29 is 4.79 Å². The molecular weight excluding hydrogens is 440 g/mol. The van der Waals surface area contributed by atoms with Crippen LogP contribution in [0.1, 0.15) is 64.0 Å². The Labute approximate surface area is 198 Å². The van der Waals surface area contributed by atoms with E-state index in [1.165, 1.54) is 11.8 Å². The smallest absolute Gasteiger partial charge is 0.267 e. The van der Waals surface area contributed by atoms with Crippen molar-refractivity contribution in [2.24, 2.45) is 5.92 Å². The molecule has 0 aromatic carbocycles. The van der Waals surface area contributed by atoms with Crippen molar-refractivity contribution in [3.05, 3.63) is 44.7 Å². The van der Waals surface area contributed by atoms with Gasteiger partial charge in [0.1, 0.15) is 15.8 Å². The molecule has 1 aliphatic carbocycles. The third-order valence-electron chi connectivity index (χ3n) is 6.49. The number of aromatic nitrogens is 2. The summed E-state index contributed by atoms with van der Waals surface area (Å²) in [4.78, 5) is 33.5. The average molecular weight is 471 g/mol. The molecule has 1 saturated carbocycles. The molecule has 170 valence electrons. The lowest BCUT2D eigenvalue weighted by atomic mass is 9.87. The van der Waals surface area contributed by atoms with Gasteiger partial charge in [-0.3, -0.25) is 18.9 Å². The van der Waals surface area contributed by atoms with Crippen molar-refractivity contribution in [2.45, 2.75) is 71.9 Å². The van der Waals surface area contributed by atoms with E-state index >= 15 is 0 Å². The molecule has 1 N–H and O–H groups in total. The van der Waals surface area contributed by atoms with Gasteiger partial charge in [0, 0.05) is 18.3 Å². The van der Waals surface area contributed by atoms with Crippen LogP contribution < -0.4 is 10.9 Å². The van der Waals surface area contributed by atoms with Crippen LogP contribution in [-0.4, -0.2) is 36.6 Å². The largest absolute Gasteiger partial charge is 0.367 e. The fourth-order valence-electron chi connectivity index (χ4n) is 4.27. The molecule has 32 heavy (non-hydrogen) atoms. The maximum atomic E-state index is 13.5. The molecule has 3 heterocycles. The molecule has 2 fully saturated rings. The fourth-order valence-corrected chi connectivity index (χ4v) is 5.71. The van der Waals surface area contributed by atoms with Gasteiger partial charge in [-0.25, -0.2) is 4.98 Å². The quantitative estimate of drug-likeness (QED) is 0.490. The number of hydrogen-bond acceptors (Lipinski definition) is 6. The van der Waals surface area contributed by atoms with E-state index in [0.29, 0.717) is 26.3 Å². The molecule has 1 amide bonds. The minimum absolute atomic E-state index is 0.0219. The summed E-state index contributed by atoms with van der Waals surface area (Å²) in [6.07, 6.45) is 8.69. The SMILES string of the molecule is CCC(C)N1C(=O)C(=Cc2c(NC3CCC(C)CC3)nc3ccc(C)cn3c2=O)SC1=S. The van der Waals surface area contributed by atoms with E-state index in [9.17, 15) is 9.59 Å². The fraction of sp³-hybridized carbons (Fsp3) is 0.500. The molecule has 0 radical (unpaired) electrons. The highest BCUT2D eigenvalue weighted by Crippen LogP contribution is 2.35. The van der Waals surface area contributed by atoms with Gasteiger partial charge in [-0.05, 0) is 69.6 Å². The first-order chi connectivity index (χ1) is 15.3. The van der Waals surface area contributed by atoms with Crippen LogP contribution in [0.25, 0.3) is 11.7 Å². The maximum Gasteiger partial charge on any atom is 0.267 e. The van der Waals surface area contributed by atoms with E-state index in [1.54, 1.807) is 21.6 Å². The molecule has 0 bridgehead atoms. The summed E-state index contributed by atoms with van der Waals surface area (Å²) in [7, 11) is 0. The van der Waals surface area contributed by atoms with Gasteiger partial charge in [-0.2, -0.15) is 0 Å². The third-order valence-corrected chi connectivity index (χ3v) is 7.82. The Morgan fingerprint density at radius 1 is 1.28 bits per heavy atom. The summed E-state index contributed by atoms with van der Waals surface area (Å²) in [5.41, 5.74) is 1.80. The number of nitrogens with zero attached hydrogens (tertiary/aromatic N) is 3. The van der Waals surface area contributed by atoms with Gasteiger partial charge in [0.05, 0.1) is 10.5 Å². The summed E-state index contributed by atoms with van der Waals surface area (Å²) in [5, 5.41) is 3.53. The van der Waals surface area contributed by atoms with Crippen molar-refractivity contribution in [1.29, 1.82) is 0 Å². The predicted molar refractivity (Wildman–Crippen MR) is 136 cm³/mol. The topological polar surface area (TPSA) is 66.7 Å². The molecule has 2 aromatic rings. The van der Waals surface area contributed by atoms with Crippen LogP contribution in [0.15, 0.2) is 28.0 Å². The Kier molecular flexibility index (Phi) is 6.72. The molecule has 4 rings (SSSR count). The maximum absolute atomic E-state index is 13.5. The van der Waals surface area contributed by atoms with Gasteiger partial charge in [0.15, 0.2) is 0 Å². The van der Waals surface area contributed by atoms with Gasteiger partial charge in [0.25, 0.3) is 11.5 Å². The van der Waals surface area contributed by atoms with Crippen LogP contribution in [0.2, 0.25) is 0 Å². The van der Waals surface area contributed by atoms with E-state index in [0.717, 1.165) is 43.6 Å². The number of thiocarbonyl (C=S) groups is 1. The van der Waals surface area contributed by atoms with Crippen LogP contribution in [0.5, 0.6) is 0 Å². The molecule has 6 nitrogen and oxygen atoms in total. The molecular formula is C24H30N4O2S2. The number of amides is 1. The van der Waals surface area contributed by atoms with Crippen molar-refractivity contribution in [1.82, 2.24) is 14.3 Å². The minimum Gasteiger partial charge on any atom is -0.367 e. The number of thioether (sulfide) groups is 1. The number of pyridine rings is 1. The molecule has 0 spiro atoms. The Balaban J connectivity index is 1.79.